The van der Waals surface area contributed by atoms with E-state index in [1.807, 2.05) is 22.6 Å². The zero-order valence-electron chi connectivity index (χ0n) is 7.72. The van der Waals surface area contributed by atoms with E-state index in [2.05, 4.69) is 9.97 Å². The van der Waals surface area contributed by atoms with Crippen LogP contribution in [0.15, 0.2) is 4.79 Å². The number of rotatable bonds is 1. The lowest BCUT2D eigenvalue weighted by molar-refractivity contribution is 0.688. The van der Waals surface area contributed by atoms with Gasteiger partial charge in [-0.15, -0.1) is 0 Å². The number of aromatic nitrogens is 2. The Balaban J connectivity index is 2.45. The van der Waals surface area contributed by atoms with E-state index in [1.54, 1.807) is 0 Å². The molecule has 1 fully saturated rings. The fourth-order valence-corrected chi connectivity index (χ4v) is 2.66. The minimum Gasteiger partial charge on any atom is -0.369 e. The number of nitrogen functional groups attached to an aromatic ring is 1. The zero-order valence-corrected chi connectivity index (χ0v) is 9.87. The zero-order chi connectivity index (χ0) is 10.1. The molecule has 1 saturated carbocycles. The molecule has 0 aromatic carbocycles. The molecular weight excluding hydrogens is 293 g/mol. The van der Waals surface area contributed by atoms with Crippen molar-refractivity contribution in [1.29, 1.82) is 0 Å². The van der Waals surface area contributed by atoms with Gasteiger partial charge in [-0.3, -0.25) is 9.78 Å². The lowest BCUT2D eigenvalue weighted by Gasteiger charge is -2.10. The van der Waals surface area contributed by atoms with Crippen LogP contribution in [-0.2, 0) is 0 Å². The third-order valence-electron chi connectivity index (χ3n) is 2.65. The highest BCUT2D eigenvalue weighted by Gasteiger charge is 2.22. The summed E-state index contributed by atoms with van der Waals surface area (Å²) in [5.41, 5.74) is 6.31. The highest BCUT2D eigenvalue weighted by molar-refractivity contribution is 14.1. The van der Waals surface area contributed by atoms with Crippen LogP contribution in [-0.4, -0.2) is 9.97 Å². The maximum atomic E-state index is 11.4. The second-order valence-electron chi connectivity index (χ2n) is 3.63. The Morgan fingerprint density at radius 1 is 1.43 bits per heavy atom. The molecule has 14 heavy (non-hydrogen) atoms. The van der Waals surface area contributed by atoms with Gasteiger partial charge in [-0.25, -0.2) is 4.98 Å². The molecule has 1 aromatic heterocycles. The lowest BCUT2D eigenvalue weighted by Crippen LogP contribution is -2.18. The van der Waals surface area contributed by atoms with Crippen LogP contribution in [0.25, 0.3) is 0 Å². The molecule has 5 heteroatoms. The molecule has 0 aliphatic heterocycles. The third kappa shape index (κ3) is 1.77. The minimum atomic E-state index is -0.111. The molecule has 0 saturated heterocycles. The van der Waals surface area contributed by atoms with Crippen LogP contribution in [0.5, 0.6) is 0 Å². The van der Waals surface area contributed by atoms with Crippen LogP contribution < -0.4 is 11.3 Å². The Labute approximate surface area is 95.5 Å². The summed E-state index contributed by atoms with van der Waals surface area (Å²) < 4.78 is 0.698. The molecule has 1 heterocycles. The highest BCUT2D eigenvalue weighted by Crippen LogP contribution is 2.34. The van der Waals surface area contributed by atoms with Gasteiger partial charge in [0.15, 0.2) is 0 Å². The molecule has 0 bridgehead atoms. The molecular formula is C9H12IN3O. The fraction of sp³-hybridized carbons (Fsp3) is 0.556. The number of aromatic amines is 1. The number of hydrogen-bond donors (Lipinski definition) is 2. The predicted octanol–water partition coefficient (Wildman–Crippen LogP) is 1.61. The maximum absolute atomic E-state index is 11.4. The largest absolute Gasteiger partial charge is 0.369 e. The van der Waals surface area contributed by atoms with E-state index in [0.717, 1.165) is 18.5 Å². The van der Waals surface area contributed by atoms with Crippen LogP contribution in [0.3, 0.4) is 0 Å². The molecule has 3 N–H and O–H groups in total. The van der Waals surface area contributed by atoms with Crippen molar-refractivity contribution in [3.63, 3.8) is 0 Å². The van der Waals surface area contributed by atoms with E-state index in [4.69, 9.17) is 5.73 Å². The van der Waals surface area contributed by atoms with Crippen molar-refractivity contribution in [2.45, 2.75) is 31.6 Å². The summed E-state index contributed by atoms with van der Waals surface area (Å²) in [6.07, 6.45) is 4.72. The maximum Gasteiger partial charge on any atom is 0.266 e. The number of hydrogen-bond acceptors (Lipinski definition) is 3. The van der Waals surface area contributed by atoms with Crippen LogP contribution in [0.2, 0.25) is 0 Å². The molecule has 4 nitrogen and oxygen atoms in total. The SMILES string of the molecule is Nc1nc(C2CCCC2)c(I)c(=O)[nH]1. The molecule has 1 aliphatic carbocycles. The molecule has 0 unspecified atom stereocenters. The quantitative estimate of drug-likeness (QED) is 0.774. The van der Waals surface area contributed by atoms with E-state index in [9.17, 15) is 4.79 Å². The summed E-state index contributed by atoms with van der Waals surface area (Å²) in [6.45, 7) is 0. The Morgan fingerprint density at radius 2 is 2.07 bits per heavy atom. The predicted molar refractivity (Wildman–Crippen MR) is 63.2 cm³/mol. The van der Waals surface area contributed by atoms with E-state index >= 15 is 0 Å². The van der Waals surface area contributed by atoms with Gasteiger partial charge in [0.25, 0.3) is 5.56 Å². The first-order valence-corrected chi connectivity index (χ1v) is 5.81. The average Bonchev–Trinajstić information content (AvgIpc) is 2.63. The van der Waals surface area contributed by atoms with Crippen LogP contribution >= 0.6 is 22.6 Å². The molecule has 2 rings (SSSR count). The first kappa shape index (κ1) is 9.95. The van der Waals surface area contributed by atoms with Crippen molar-refractivity contribution in [2.24, 2.45) is 0 Å². The second-order valence-corrected chi connectivity index (χ2v) is 4.71. The van der Waals surface area contributed by atoms with Crippen molar-refractivity contribution < 1.29 is 0 Å². The smallest absolute Gasteiger partial charge is 0.266 e. The summed E-state index contributed by atoms with van der Waals surface area (Å²) in [5.74, 6) is 0.670. The van der Waals surface area contributed by atoms with Gasteiger partial charge in [0.2, 0.25) is 5.95 Å². The van der Waals surface area contributed by atoms with Crippen molar-refractivity contribution in [3.05, 3.63) is 19.6 Å². The topological polar surface area (TPSA) is 71.8 Å². The fourth-order valence-electron chi connectivity index (χ4n) is 1.96. The van der Waals surface area contributed by atoms with Gasteiger partial charge < -0.3 is 5.73 Å². The average molecular weight is 305 g/mol. The minimum absolute atomic E-state index is 0.111. The van der Waals surface area contributed by atoms with E-state index in [-0.39, 0.29) is 11.5 Å². The summed E-state index contributed by atoms with van der Waals surface area (Å²) >= 11 is 2.05. The van der Waals surface area contributed by atoms with Crippen molar-refractivity contribution in [2.75, 3.05) is 5.73 Å². The summed E-state index contributed by atoms with van der Waals surface area (Å²) in [4.78, 5) is 18.2. The number of H-pyrrole nitrogens is 1. The van der Waals surface area contributed by atoms with Gasteiger partial charge >= 0.3 is 0 Å². The van der Waals surface area contributed by atoms with E-state index in [0.29, 0.717) is 9.49 Å². The monoisotopic (exact) mass is 305 g/mol. The van der Waals surface area contributed by atoms with Gasteiger partial charge in [0.05, 0.1) is 5.69 Å². The van der Waals surface area contributed by atoms with Gasteiger partial charge in [0.1, 0.15) is 3.57 Å². The molecule has 76 valence electrons. The van der Waals surface area contributed by atoms with Gasteiger partial charge in [0, 0.05) is 5.92 Å². The number of nitrogens with two attached hydrogens (primary N) is 1. The normalized spacial score (nSPS) is 17.5. The summed E-state index contributed by atoms with van der Waals surface area (Å²) in [5, 5.41) is 0. The summed E-state index contributed by atoms with van der Waals surface area (Å²) in [7, 11) is 0. The highest BCUT2D eigenvalue weighted by atomic mass is 127. The Kier molecular flexibility index (Phi) is 2.76. The number of halogens is 1. The molecule has 0 amide bonds. The van der Waals surface area contributed by atoms with Crippen LogP contribution in [0.1, 0.15) is 37.3 Å². The molecule has 0 atom stereocenters. The Bertz CT molecular complexity index is 396. The van der Waals surface area contributed by atoms with Crippen LogP contribution in [0.4, 0.5) is 5.95 Å². The molecule has 1 aliphatic rings. The first-order valence-electron chi connectivity index (χ1n) is 4.73. The standard InChI is InChI=1S/C9H12IN3O/c10-6-7(5-3-1-2-4-5)12-9(11)13-8(6)14/h5H,1-4H2,(H3,11,12,13,14). The first-order chi connectivity index (χ1) is 6.68. The van der Waals surface area contributed by atoms with E-state index in [1.165, 1.54) is 12.8 Å². The number of anilines is 1. The number of nitrogens with one attached hydrogen (secondary N) is 1. The second kappa shape index (κ2) is 3.88. The molecule has 0 radical (unpaired) electrons. The summed E-state index contributed by atoms with van der Waals surface area (Å²) in [6, 6.07) is 0. The van der Waals surface area contributed by atoms with E-state index < -0.39 is 0 Å². The van der Waals surface area contributed by atoms with Gasteiger partial charge in [-0.2, -0.15) is 0 Å². The van der Waals surface area contributed by atoms with Crippen molar-refractivity contribution in [1.82, 2.24) is 9.97 Å². The lowest BCUT2D eigenvalue weighted by atomic mass is 10.0. The van der Waals surface area contributed by atoms with Crippen LogP contribution in [0, 0.1) is 3.57 Å². The third-order valence-corrected chi connectivity index (χ3v) is 3.69. The van der Waals surface area contributed by atoms with Gasteiger partial charge in [-0.05, 0) is 35.4 Å². The van der Waals surface area contributed by atoms with Gasteiger partial charge in [-0.1, -0.05) is 12.8 Å². The van der Waals surface area contributed by atoms with Crippen molar-refractivity contribution >= 4 is 28.5 Å². The van der Waals surface area contributed by atoms with Crippen molar-refractivity contribution in [3.8, 4) is 0 Å². The number of nitrogens with zero attached hydrogens (tertiary/aromatic N) is 1. The molecule has 1 aromatic rings. The Hall–Kier alpha value is -0.590. The molecule has 0 spiro atoms. The Morgan fingerprint density at radius 3 is 2.71 bits per heavy atom.